The number of hydrogen-bond acceptors (Lipinski definition) is 3. The summed E-state index contributed by atoms with van der Waals surface area (Å²) in [4.78, 5) is 9.93. The van der Waals surface area contributed by atoms with Gasteiger partial charge >= 0.3 is 5.97 Å². The van der Waals surface area contributed by atoms with Crippen LogP contribution in [0.4, 0.5) is 0 Å². The minimum atomic E-state index is -0.264. The van der Waals surface area contributed by atoms with E-state index in [0.29, 0.717) is 6.61 Å². The molecular formula is C8H14O3. The Kier molecular flexibility index (Phi) is 13.0. The summed E-state index contributed by atoms with van der Waals surface area (Å²) in [5.41, 5.74) is 0. The van der Waals surface area contributed by atoms with Gasteiger partial charge in [0.15, 0.2) is 0 Å². The van der Waals surface area contributed by atoms with Crippen molar-refractivity contribution < 1.29 is 14.3 Å². The molecule has 0 amide bonds. The first-order chi connectivity index (χ1) is 5.18. The maximum atomic E-state index is 9.93. The second-order valence-electron chi connectivity index (χ2n) is 1.49. The van der Waals surface area contributed by atoms with Gasteiger partial charge in [-0.05, 0) is 0 Å². The smallest absolute Gasteiger partial charge is 0.302 e. The zero-order valence-electron chi connectivity index (χ0n) is 7.00. The van der Waals surface area contributed by atoms with Crippen molar-refractivity contribution in [3.8, 4) is 0 Å². The Labute approximate surface area is 67.3 Å². The van der Waals surface area contributed by atoms with E-state index in [1.54, 1.807) is 7.11 Å². The number of carbonyl (C=O) groups is 1. The molecule has 0 atom stereocenters. The summed E-state index contributed by atoms with van der Waals surface area (Å²) >= 11 is 0. The van der Waals surface area contributed by atoms with Gasteiger partial charge in [0.2, 0.25) is 0 Å². The Morgan fingerprint density at radius 3 is 2.09 bits per heavy atom. The lowest BCUT2D eigenvalue weighted by atomic mass is 10.7. The molecule has 0 aliphatic rings. The molecule has 3 heteroatoms. The van der Waals surface area contributed by atoms with Gasteiger partial charge in [-0.2, -0.15) is 0 Å². The van der Waals surface area contributed by atoms with E-state index >= 15 is 0 Å². The first-order valence-electron chi connectivity index (χ1n) is 3.07. The monoisotopic (exact) mass is 158 g/mol. The maximum absolute atomic E-state index is 9.93. The van der Waals surface area contributed by atoms with Gasteiger partial charge < -0.3 is 9.47 Å². The summed E-state index contributed by atoms with van der Waals surface area (Å²) in [6.45, 7) is 8.29. The zero-order chi connectivity index (χ0) is 9.11. The molecule has 0 aromatic rings. The largest absolute Gasteiger partial charge is 0.505 e. The first-order valence-corrected chi connectivity index (χ1v) is 3.07. The van der Waals surface area contributed by atoms with Crippen molar-refractivity contribution in [3.63, 3.8) is 0 Å². The van der Waals surface area contributed by atoms with Crippen LogP contribution in [-0.4, -0.2) is 19.7 Å². The molecule has 0 aromatic heterocycles. The molecule has 0 saturated carbocycles. The molecule has 64 valence electrons. The van der Waals surface area contributed by atoms with E-state index in [1.165, 1.54) is 19.3 Å². The van der Waals surface area contributed by atoms with Crippen molar-refractivity contribution in [2.45, 2.75) is 6.92 Å². The van der Waals surface area contributed by atoms with Gasteiger partial charge in [0, 0.05) is 6.92 Å². The fourth-order valence-electron chi connectivity index (χ4n) is 0.176. The minimum Gasteiger partial charge on any atom is -0.505 e. The normalized spacial score (nSPS) is 6.73. The standard InChI is InChI=1S/C5H8O2.C3H6O/c1-3-4-7-5(2)6;1-3-4-2/h3H,1,4H2,2H3;3H,1H2,2H3. The van der Waals surface area contributed by atoms with E-state index in [-0.39, 0.29) is 5.97 Å². The molecule has 0 spiro atoms. The first kappa shape index (κ1) is 12.4. The fourth-order valence-corrected chi connectivity index (χ4v) is 0.176. The van der Waals surface area contributed by atoms with Gasteiger partial charge in [0.25, 0.3) is 0 Å². The Bertz CT molecular complexity index is 119. The Hall–Kier alpha value is -1.25. The van der Waals surface area contributed by atoms with Crippen molar-refractivity contribution in [3.05, 3.63) is 25.5 Å². The Morgan fingerprint density at radius 1 is 1.55 bits per heavy atom. The number of carbonyl (C=O) groups excluding carboxylic acids is 1. The van der Waals surface area contributed by atoms with Crippen LogP contribution in [0.25, 0.3) is 0 Å². The van der Waals surface area contributed by atoms with Crippen LogP contribution in [0.2, 0.25) is 0 Å². The molecule has 0 saturated heterocycles. The maximum Gasteiger partial charge on any atom is 0.302 e. The molecule has 0 N–H and O–H groups in total. The van der Waals surface area contributed by atoms with Crippen LogP contribution in [-0.2, 0) is 14.3 Å². The van der Waals surface area contributed by atoms with Crippen molar-refractivity contribution >= 4 is 5.97 Å². The summed E-state index contributed by atoms with van der Waals surface area (Å²) in [6, 6.07) is 0. The Morgan fingerprint density at radius 2 is 2.00 bits per heavy atom. The summed E-state index contributed by atoms with van der Waals surface area (Å²) in [5.74, 6) is -0.264. The lowest BCUT2D eigenvalue weighted by molar-refractivity contribution is -0.139. The molecule has 0 aliphatic carbocycles. The van der Waals surface area contributed by atoms with Crippen LogP contribution in [0, 0.1) is 0 Å². The highest BCUT2D eigenvalue weighted by atomic mass is 16.5. The molecule has 0 bridgehead atoms. The van der Waals surface area contributed by atoms with Gasteiger partial charge in [-0.3, -0.25) is 4.79 Å². The van der Waals surface area contributed by atoms with E-state index in [4.69, 9.17) is 0 Å². The van der Waals surface area contributed by atoms with Crippen LogP contribution in [0.3, 0.4) is 0 Å². The molecule has 0 fully saturated rings. The molecule has 0 aliphatic heterocycles. The summed E-state index contributed by atoms with van der Waals surface area (Å²) < 4.78 is 8.74. The number of hydrogen-bond donors (Lipinski definition) is 0. The van der Waals surface area contributed by atoms with Gasteiger partial charge in [-0.15, -0.1) is 0 Å². The molecule has 3 nitrogen and oxygen atoms in total. The van der Waals surface area contributed by atoms with E-state index in [0.717, 1.165) is 0 Å². The molecule has 0 aromatic carbocycles. The third-order valence-corrected chi connectivity index (χ3v) is 0.571. The zero-order valence-corrected chi connectivity index (χ0v) is 7.00. The van der Waals surface area contributed by atoms with E-state index in [1.807, 2.05) is 0 Å². The van der Waals surface area contributed by atoms with Crippen molar-refractivity contribution in [1.82, 2.24) is 0 Å². The average Bonchev–Trinajstić information content (AvgIpc) is 2.01. The number of esters is 1. The number of ether oxygens (including phenoxy) is 2. The van der Waals surface area contributed by atoms with Crippen LogP contribution in [0.5, 0.6) is 0 Å². The second-order valence-corrected chi connectivity index (χ2v) is 1.49. The van der Waals surface area contributed by atoms with E-state index in [9.17, 15) is 4.79 Å². The summed E-state index contributed by atoms with van der Waals surface area (Å²) in [6.07, 6.45) is 2.90. The molecule has 0 radical (unpaired) electrons. The highest BCUT2D eigenvalue weighted by Crippen LogP contribution is 1.73. The average molecular weight is 158 g/mol. The molecule has 11 heavy (non-hydrogen) atoms. The van der Waals surface area contributed by atoms with Crippen LogP contribution < -0.4 is 0 Å². The van der Waals surface area contributed by atoms with Crippen molar-refractivity contribution in [2.75, 3.05) is 13.7 Å². The SMILES string of the molecule is C=CCOC(C)=O.C=COC. The number of methoxy groups -OCH3 is 1. The summed E-state index contributed by atoms with van der Waals surface area (Å²) in [5, 5.41) is 0. The van der Waals surface area contributed by atoms with Gasteiger partial charge in [-0.25, -0.2) is 0 Å². The van der Waals surface area contributed by atoms with Gasteiger partial charge in [0.1, 0.15) is 6.61 Å². The van der Waals surface area contributed by atoms with E-state index < -0.39 is 0 Å². The van der Waals surface area contributed by atoms with Crippen molar-refractivity contribution in [2.24, 2.45) is 0 Å². The van der Waals surface area contributed by atoms with Crippen molar-refractivity contribution in [1.29, 1.82) is 0 Å². The van der Waals surface area contributed by atoms with Crippen LogP contribution in [0.15, 0.2) is 25.5 Å². The summed E-state index contributed by atoms with van der Waals surface area (Å²) in [7, 11) is 1.56. The fraction of sp³-hybridized carbons (Fsp3) is 0.375. The lowest BCUT2D eigenvalue weighted by Crippen LogP contribution is -1.96. The predicted molar refractivity (Wildman–Crippen MR) is 44.0 cm³/mol. The Balaban J connectivity index is 0. The minimum absolute atomic E-state index is 0.264. The second kappa shape index (κ2) is 11.5. The van der Waals surface area contributed by atoms with Crippen LogP contribution >= 0.6 is 0 Å². The molecule has 0 rings (SSSR count). The van der Waals surface area contributed by atoms with Gasteiger partial charge in [0.05, 0.1) is 13.4 Å². The van der Waals surface area contributed by atoms with Crippen LogP contribution in [0.1, 0.15) is 6.92 Å². The predicted octanol–water partition coefficient (Wildman–Crippen LogP) is 1.51. The molecule has 0 heterocycles. The number of rotatable bonds is 3. The highest BCUT2D eigenvalue weighted by Gasteiger charge is 1.83. The molecular weight excluding hydrogens is 144 g/mol. The quantitative estimate of drug-likeness (QED) is 0.355. The van der Waals surface area contributed by atoms with Gasteiger partial charge in [-0.1, -0.05) is 19.2 Å². The third kappa shape index (κ3) is 28.4. The van der Waals surface area contributed by atoms with E-state index in [2.05, 4.69) is 22.6 Å². The third-order valence-electron chi connectivity index (χ3n) is 0.571. The topological polar surface area (TPSA) is 35.5 Å². The molecule has 0 unspecified atom stereocenters. The highest BCUT2D eigenvalue weighted by molar-refractivity contribution is 5.65. The lowest BCUT2D eigenvalue weighted by Gasteiger charge is -1.90.